The average Bonchev–Trinajstić information content (AvgIpc) is 2.36. The molecule has 130 valence electrons. The number of nitrogens with one attached hydrogen (secondary N) is 1. The predicted molar refractivity (Wildman–Crippen MR) is 85.7 cm³/mol. The third-order valence-electron chi connectivity index (χ3n) is 4.20. The van der Waals surface area contributed by atoms with Crippen LogP contribution in [0.2, 0.25) is 5.31 Å². The van der Waals surface area contributed by atoms with E-state index in [0.29, 0.717) is 5.47 Å². The zero-order chi connectivity index (χ0) is 18.1. The topological polar surface area (TPSA) is 30.5 Å². The lowest BCUT2D eigenvalue weighted by Crippen LogP contribution is -2.41. The smallest absolute Gasteiger partial charge is 0.414 e. The number of dihydropyridines is 1. The van der Waals surface area contributed by atoms with Crippen molar-refractivity contribution in [1.82, 2.24) is 5.32 Å². The fraction of sp³-hybridized carbons (Fsp3) is 0.714. The van der Waals surface area contributed by atoms with E-state index in [2.05, 4.69) is 10.1 Å². The van der Waals surface area contributed by atoms with Crippen LogP contribution < -0.4 is 5.32 Å². The Labute approximate surface area is 136 Å². The minimum Gasteiger partial charge on any atom is -0.430 e. The van der Waals surface area contributed by atoms with E-state index in [9.17, 15) is 17.6 Å². The third-order valence-corrected chi connectivity index (χ3v) is 4.20. The molecule has 2 atom stereocenters. The molecule has 0 aromatic heterocycles. The van der Waals surface area contributed by atoms with E-state index >= 15 is 0 Å². The minimum absolute atomic E-state index is 0.119. The van der Waals surface area contributed by atoms with Gasteiger partial charge in [0.25, 0.3) is 0 Å². The van der Waals surface area contributed by atoms with Gasteiger partial charge in [-0.05, 0) is 43.8 Å². The lowest BCUT2D eigenvalue weighted by molar-refractivity contribution is -0.226. The normalized spacial score (nSPS) is 21.2. The van der Waals surface area contributed by atoms with Crippen molar-refractivity contribution in [3.63, 3.8) is 0 Å². The first-order valence-electron chi connectivity index (χ1n) is 7.42. The lowest BCUT2D eigenvalue weighted by atomic mass is 9.61. The molecule has 0 aliphatic carbocycles. The second kappa shape index (κ2) is 6.89. The monoisotopic (exact) mass is 335 g/mol. The van der Waals surface area contributed by atoms with E-state index in [1.807, 2.05) is 35.5 Å². The summed E-state index contributed by atoms with van der Waals surface area (Å²) < 4.78 is 61.7. The molecule has 0 amide bonds. The highest BCUT2D eigenvalue weighted by atomic mass is 19.4. The Kier molecular flexibility index (Phi) is 6.02. The molecular formula is C14H23B2F4NO2. The van der Waals surface area contributed by atoms with Crippen molar-refractivity contribution in [2.24, 2.45) is 0 Å². The van der Waals surface area contributed by atoms with Gasteiger partial charge in [-0.15, -0.1) is 0 Å². The number of ether oxygens (including phenoxy) is 1. The molecule has 3 nitrogen and oxygen atoms in total. The van der Waals surface area contributed by atoms with Gasteiger partial charge in [0.1, 0.15) is 13.7 Å². The molecule has 1 N–H and O–H groups in total. The number of alkyl halides is 3. The van der Waals surface area contributed by atoms with Gasteiger partial charge >= 0.3 is 13.7 Å². The van der Waals surface area contributed by atoms with Gasteiger partial charge in [-0.1, -0.05) is 13.8 Å². The second-order valence-electron chi connectivity index (χ2n) is 7.16. The number of hydrogen-bond acceptors (Lipinski definition) is 3. The van der Waals surface area contributed by atoms with E-state index in [4.69, 9.17) is 4.65 Å². The zero-order valence-electron chi connectivity index (χ0n) is 14.3. The van der Waals surface area contributed by atoms with Gasteiger partial charge in [-0.25, -0.2) is 4.39 Å². The minimum atomic E-state index is -4.54. The summed E-state index contributed by atoms with van der Waals surface area (Å²) in [6.45, 7) is 8.75. The summed E-state index contributed by atoms with van der Waals surface area (Å²) in [5.41, 5.74) is 0.0513. The Bertz CT molecular complexity index is 484. The standard InChI is InChI=1S/C14H23B2F4NO2/c1-8(14(18,19)20)22-11-10(17)6-9(7-21-11)16-23-13(4,5)12(2,3)15/h6-8,11,16,21H,15H2,1-5H3. The Morgan fingerprint density at radius 2 is 1.83 bits per heavy atom. The fourth-order valence-electron chi connectivity index (χ4n) is 1.51. The van der Waals surface area contributed by atoms with Crippen LogP contribution in [0.3, 0.4) is 0 Å². The quantitative estimate of drug-likeness (QED) is 0.598. The first-order chi connectivity index (χ1) is 10.2. The van der Waals surface area contributed by atoms with Crippen LogP contribution in [0.1, 0.15) is 34.6 Å². The first kappa shape index (κ1) is 20.1. The average molecular weight is 335 g/mol. The van der Waals surface area contributed by atoms with Gasteiger partial charge in [-0.2, -0.15) is 13.2 Å². The number of hydrogen-bond donors (Lipinski definition) is 1. The Hall–Kier alpha value is -0.950. The summed E-state index contributed by atoms with van der Waals surface area (Å²) >= 11 is 0. The number of allylic oxidation sites excluding steroid dienone is 2. The van der Waals surface area contributed by atoms with Gasteiger partial charge in [0.15, 0.2) is 12.3 Å². The SMILES string of the molecule is BC(C)(C)C(C)(C)OBC1=CNC(OC(C)C(F)(F)F)C(F)=C1. The fourth-order valence-corrected chi connectivity index (χ4v) is 1.51. The van der Waals surface area contributed by atoms with Crippen LogP contribution in [0.15, 0.2) is 23.6 Å². The van der Waals surface area contributed by atoms with Crippen LogP contribution >= 0.6 is 0 Å². The highest BCUT2D eigenvalue weighted by Crippen LogP contribution is 2.37. The van der Waals surface area contributed by atoms with Gasteiger partial charge in [0.05, 0.1) is 0 Å². The van der Waals surface area contributed by atoms with Crippen LogP contribution in [-0.2, 0) is 9.39 Å². The predicted octanol–water partition coefficient (Wildman–Crippen LogP) is 2.56. The van der Waals surface area contributed by atoms with E-state index in [0.717, 1.165) is 13.0 Å². The van der Waals surface area contributed by atoms with Crippen molar-refractivity contribution >= 4 is 15.3 Å². The molecule has 0 saturated heterocycles. The Balaban J connectivity index is 2.62. The molecule has 0 bridgehead atoms. The molecule has 0 spiro atoms. The summed E-state index contributed by atoms with van der Waals surface area (Å²) in [6, 6.07) is 0. The van der Waals surface area contributed by atoms with E-state index in [1.165, 1.54) is 6.20 Å². The maximum absolute atomic E-state index is 13.9. The molecule has 1 aliphatic rings. The van der Waals surface area contributed by atoms with Gasteiger partial charge in [-0.3, -0.25) is 0 Å². The van der Waals surface area contributed by atoms with Gasteiger partial charge in [0.2, 0.25) is 0 Å². The third kappa shape index (κ3) is 5.56. The highest BCUT2D eigenvalue weighted by Gasteiger charge is 2.39. The zero-order valence-corrected chi connectivity index (χ0v) is 14.3. The summed E-state index contributed by atoms with van der Waals surface area (Å²) in [7, 11) is 2.17. The van der Waals surface area contributed by atoms with Crippen molar-refractivity contribution in [1.29, 1.82) is 0 Å². The van der Waals surface area contributed by atoms with Crippen molar-refractivity contribution in [3.8, 4) is 0 Å². The Morgan fingerprint density at radius 3 is 2.26 bits per heavy atom. The molecule has 9 heteroatoms. The summed E-state index contributed by atoms with van der Waals surface area (Å²) in [4.78, 5) is 0. The van der Waals surface area contributed by atoms with Crippen molar-refractivity contribution in [3.05, 3.63) is 23.6 Å². The molecule has 1 aliphatic heterocycles. The van der Waals surface area contributed by atoms with Crippen molar-refractivity contribution < 1.29 is 27.0 Å². The second-order valence-corrected chi connectivity index (χ2v) is 7.16. The lowest BCUT2D eigenvalue weighted by Gasteiger charge is -2.39. The maximum atomic E-state index is 13.9. The number of rotatable bonds is 6. The molecule has 1 heterocycles. The Morgan fingerprint density at radius 1 is 1.26 bits per heavy atom. The van der Waals surface area contributed by atoms with Crippen LogP contribution in [0.5, 0.6) is 0 Å². The van der Waals surface area contributed by atoms with E-state index in [1.54, 1.807) is 0 Å². The largest absolute Gasteiger partial charge is 0.430 e. The molecule has 0 radical (unpaired) electrons. The summed E-state index contributed by atoms with van der Waals surface area (Å²) in [5.74, 6) is -0.809. The molecular weight excluding hydrogens is 312 g/mol. The molecule has 0 fully saturated rings. The molecule has 0 saturated carbocycles. The summed E-state index contributed by atoms with van der Waals surface area (Å²) in [5, 5.41) is 2.37. The summed E-state index contributed by atoms with van der Waals surface area (Å²) in [6.07, 6.45) is -5.49. The van der Waals surface area contributed by atoms with Crippen LogP contribution in [-0.4, -0.2) is 39.4 Å². The molecule has 0 aromatic carbocycles. The van der Waals surface area contributed by atoms with Gasteiger partial charge < -0.3 is 14.7 Å². The number of halogens is 4. The first-order valence-corrected chi connectivity index (χ1v) is 7.42. The van der Waals surface area contributed by atoms with Crippen LogP contribution in [0.4, 0.5) is 17.6 Å². The van der Waals surface area contributed by atoms with Crippen LogP contribution in [0.25, 0.3) is 0 Å². The van der Waals surface area contributed by atoms with Crippen LogP contribution in [0, 0.1) is 0 Å². The molecule has 23 heavy (non-hydrogen) atoms. The van der Waals surface area contributed by atoms with Gasteiger partial charge in [0, 0.05) is 5.60 Å². The van der Waals surface area contributed by atoms with E-state index < -0.39 is 29.9 Å². The molecule has 1 rings (SSSR count). The molecule has 2 unspecified atom stereocenters. The maximum Gasteiger partial charge on any atom is 0.414 e. The van der Waals surface area contributed by atoms with E-state index in [-0.39, 0.29) is 12.8 Å². The van der Waals surface area contributed by atoms with Crippen molar-refractivity contribution in [2.75, 3.05) is 0 Å². The van der Waals surface area contributed by atoms with Crippen molar-refractivity contribution in [2.45, 2.75) is 64.0 Å². The molecule has 0 aromatic rings. The highest BCUT2D eigenvalue weighted by molar-refractivity contribution is 6.39.